The van der Waals surface area contributed by atoms with Crippen LogP contribution in [-0.4, -0.2) is 78.2 Å². The Morgan fingerprint density at radius 3 is 2.40 bits per heavy atom. The molecule has 2 heterocycles. The van der Waals surface area contributed by atoms with Crippen molar-refractivity contribution >= 4 is 46.3 Å². The summed E-state index contributed by atoms with van der Waals surface area (Å²) in [6, 6.07) is 21.5. The molecule has 3 aromatic rings. The second-order valence-electron chi connectivity index (χ2n) is 11.4. The van der Waals surface area contributed by atoms with Crippen LogP contribution in [0.2, 0.25) is 5.02 Å². The molecule has 0 aromatic heterocycles. The molecule has 2 saturated heterocycles. The lowest BCUT2D eigenvalue weighted by Crippen LogP contribution is -2.55. The maximum atomic E-state index is 14.6. The number of nitrogens with two attached hydrogens (primary N) is 1. The van der Waals surface area contributed by atoms with Crippen molar-refractivity contribution < 1.29 is 9.18 Å². The summed E-state index contributed by atoms with van der Waals surface area (Å²) in [6.07, 6.45) is 2.79. The number of likely N-dealkylation sites (tertiary alicyclic amines) is 1. The largest absolute Gasteiger partial charge is 0.339 e. The molecule has 0 radical (unpaired) electrons. The number of piperidine rings is 1. The highest BCUT2D eigenvalue weighted by molar-refractivity contribution is 8.93. The van der Waals surface area contributed by atoms with Crippen molar-refractivity contribution in [3.8, 4) is 11.1 Å². The number of hydrogen-bond donors (Lipinski definition) is 1. The maximum Gasteiger partial charge on any atom is 0.239 e. The molecule has 2 aliphatic heterocycles. The van der Waals surface area contributed by atoms with Crippen molar-refractivity contribution in [1.82, 2.24) is 14.7 Å². The van der Waals surface area contributed by atoms with Gasteiger partial charge in [0.1, 0.15) is 5.82 Å². The van der Waals surface area contributed by atoms with Crippen molar-refractivity contribution in [3.05, 3.63) is 88.7 Å². The van der Waals surface area contributed by atoms with Gasteiger partial charge in [0.25, 0.3) is 0 Å². The molecule has 0 aliphatic carbocycles. The fourth-order valence-electron chi connectivity index (χ4n) is 6.23. The number of rotatable bonds is 10. The summed E-state index contributed by atoms with van der Waals surface area (Å²) < 4.78 is 14.6. The molecular weight excluding hydrogens is 647 g/mol. The fourth-order valence-corrected chi connectivity index (χ4v) is 7.24. The van der Waals surface area contributed by atoms with Gasteiger partial charge in [-0.2, -0.15) is 0 Å². The van der Waals surface area contributed by atoms with E-state index in [2.05, 4.69) is 53.1 Å². The lowest BCUT2D eigenvalue weighted by atomic mass is 9.88. The number of thioether (sulfide) groups is 1. The minimum Gasteiger partial charge on any atom is -0.339 e. The summed E-state index contributed by atoms with van der Waals surface area (Å²) in [4.78, 5) is 21.0. The van der Waals surface area contributed by atoms with Gasteiger partial charge in [-0.25, -0.2) is 4.39 Å². The number of piperazine rings is 1. The Bertz CT molecular complexity index is 1330. The first kappa shape index (κ1) is 33.9. The van der Waals surface area contributed by atoms with Gasteiger partial charge in [-0.05, 0) is 85.0 Å². The van der Waals surface area contributed by atoms with E-state index in [0.29, 0.717) is 19.6 Å². The number of carbonyl (C=O) groups is 1. The SMILES string of the molecule is Br.CCSc1cccc(F)c1CN1CCN(C(=O)[C@H](N)C2CCN(CCc3cc(Cl)ccc3-c3ccccc3)CC2)CC1. The standard InChI is InChI=1S/C34H42ClFN4OS.BrH/c1-2-42-32-10-6-9-31(36)30(32)24-39-19-21-40(22-20-39)34(41)33(37)26-13-16-38(17-14-26)18-15-27-23-28(35)11-12-29(27)25-7-4-3-5-8-25;/h3-12,23,26,33H,2,13-22,24,37H2,1H3;1H/t33-;/m1./s1. The van der Waals surface area contributed by atoms with Gasteiger partial charge in [0, 0.05) is 54.8 Å². The molecule has 1 atom stereocenters. The van der Waals surface area contributed by atoms with Gasteiger partial charge in [0.2, 0.25) is 5.91 Å². The lowest BCUT2D eigenvalue weighted by molar-refractivity contribution is -0.136. The fraction of sp³-hybridized carbons (Fsp3) is 0.441. The summed E-state index contributed by atoms with van der Waals surface area (Å²) in [6.45, 7) is 8.25. The van der Waals surface area contributed by atoms with E-state index in [4.69, 9.17) is 17.3 Å². The average molecular weight is 690 g/mol. The van der Waals surface area contributed by atoms with Crippen LogP contribution < -0.4 is 5.73 Å². The number of hydrogen-bond acceptors (Lipinski definition) is 5. The molecule has 5 rings (SSSR count). The van der Waals surface area contributed by atoms with Crippen molar-refractivity contribution in [3.63, 3.8) is 0 Å². The number of halogens is 3. The van der Waals surface area contributed by atoms with E-state index in [0.717, 1.165) is 73.2 Å². The molecule has 2 aliphatic rings. The summed E-state index contributed by atoms with van der Waals surface area (Å²) in [5, 5.41) is 0.765. The van der Waals surface area contributed by atoms with E-state index >= 15 is 0 Å². The minimum absolute atomic E-state index is 0. The molecule has 9 heteroatoms. The molecule has 0 bridgehead atoms. The second kappa shape index (κ2) is 16.4. The topological polar surface area (TPSA) is 52.8 Å². The summed E-state index contributed by atoms with van der Waals surface area (Å²) in [5.41, 5.74) is 11.0. The van der Waals surface area contributed by atoms with Gasteiger partial charge >= 0.3 is 0 Å². The van der Waals surface area contributed by atoms with Crippen LogP contribution in [0, 0.1) is 11.7 Å². The second-order valence-corrected chi connectivity index (χ2v) is 13.1. The lowest BCUT2D eigenvalue weighted by Gasteiger charge is -2.39. The highest BCUT2D eigenvalue weighted by atomic mass is 79.9. The first-order chi connectivity index (χ1) is 20.4. The monoisotopic (exact) mass is 688 g/mol. The predicted molar refractivity (Wildman–Crippen MR) is 183 cm³/mol. The zero-order valence-corrected chi connectivity index (χ0v) is 28.2. The van der Waals surface area contributed by atoms with Gasteiger partial charge < -0.3 is 15.5 Å². The molecule has 2 fully saturated rings. The third kappa shape index (κ3) is 8.83. The van der Waals surface area contributed by atoms with Gasteiger partial charge in [-0.15, -0.1) is 28.7 Å². The molecular formula is C34H43BrClFN4OS. The van der Waals surface area contributed by atoms with Crippen molar-refractivity contribution in [2.75, 3.05) is 51.6 Å². The Morgan fingerprint density at radius 2 is 1.70 bits per heavy atom. The van der Waals surface area contributed by atoms with Crippen LogP contribution in [0.1, 0.15) is 30.9 Å². The molecule has 0 spiro atoms. The third-order valence-corrected chi connectivity index (χ3v) is 9.93. The Labute approximate surface area is 275 Å². The van der Waals surface area contributed by atoms with Crippen LogP contribution in [0.3, 0.4) is 0 Å². The normalized spacial score (nSPS) is 17.4. The molecule has 232 valence electrons. The predicted octanol–water partition coefficient (Wildman–Crippen LogP) is 6.76. The smallest absolute Gasteiger partial charge is 0.239 e. The van der Waals surface area contributed by atoms with Gasteiger partial charge in [0.05, 0.1) is 6.04 Å². The number of benzene rings is 3. The van der Waals surface area contributed by atoms with Crippen LogP contribution in [0.5, 0.6) is 0 Å². The Kier molecular flexibility index (Phi) is 12.9. The molecule has 43 heavy (non-hydrogen) atoms. The summed E-state index contributed by atoms with van der Waals surface area (Å²) in [5.74, 6) is 1.02. The average Bonchev–Trinajstić information content (AvgIpc) is 3.02. The van der Waals surface area contributed by atoms with Crippen molar-refractivity contribution in [1.29, 1.82) is 0 Å². The summed E-state index contributed by atoms with van der Waals surface area (Å²) in [7, 11) is 0. The molecule has 0 unspecified atom stereocenters. The first-order valence-corrected chi connectivity index (χ1v) is 16.5. The quantitative estimate of drug-likeness (QED) is 0.239. The molecule has 3 aromatic carbocycles. The zero-order valence-electron chi connectivity index (χ0n) is 24.9. The Morgan fingerprint density at radius 1 is 0.977 bits per heavy atom. The highest BCUT2D eigenvalue weighted by Gasteiger charge is 2.33. The summed E-state index contributed by atoms with van der Waals surface area (Å²) >= 11 is 8.04. The van der Waals surface area contributed by atoms with Crippen LogP contribution in [-0.2, 0) is 17.8 Å². The highest BCUT2D eigenvalue weighted by Crippen LogP contribution is 2.29. The first-order valence-electron chi connectivity index (χ1n) is 15.2. The van der Waals surface area contributed by atoms with E-state index in [1.54, 1.807) is 23.9 Å². The van der Waals surface area contributed by atoms with E-state index < -0.39 is 6.04 Å². The van der Waals surface area contributed by atoms with Crippen molar-refractivity contribution in [2.24, 2.45) is 11.7 Å². The Balaban J connectivity index is 0.00000423. The minimum atomic E-state index is -0.463. The zero-order chi connectivity index (χ0) is 29.5. The van der Waals surface area contributed by atoms with E-state index in [9.17, 15) is 9.18 Å². The maximum absolute atomic E-state index is 14.6. The molecule has 5 nitrogen and oxygen atoms in total. The van der Waals surface area contributed by atoms with Crippen LogP contribution in [0.15, 0.2) is 71.6 Å². The Hall–Kier alpha value is -1.94. The van der Waals surface area contributed by atoms with E-state index in [1.807, 2.05) is 23.1 Å². The van der Waals surface area contributed by atoms with Crippen LogP contribution in [0.4, 0.5) is 4.39 Å². The molecule has 0 saturated carbocycles. The van der Waals surface area contributed by atoms with Gasteiger partial charge in [-0.1, -0.05) is 61.0 Å². The number of amides is 1. The third-order valence-electron chi connectivity index (χ3n) is 8.72. The van der Waals surface area contributed by atoms with Crippen LogP contribution >= 0.6 is 40.3 Å². The van der Waals surface area contributed by atoms with Crippen LogP contribution in [0.25, 0.3) is 11.1 Å². The number of nitrogens with zero attached hydrogens (tertiary/aromatic N) is 3. The van der Waals surface area contributed by atoms with Gasteiger partial charge in [0.15, 0.2) is 0 Å². The van der Waals surface area contributed by atoms with Gasteiger partial charge in [-0.3, -0.25) is 9.69 Å². The van der Waals surface area contributed by atoms with Crippen molar-refractivity contribution in [2.45, 2.75) is 43.7 Å². The van der Waals surface area contributed by atoms with E-state index in [1.165, 1.54) is 16.7 Å². The van der Waals surface area contributed by atoms with E-state index in [-0.39, 0.29) is 34.6 Å². The molecule has 1 amide bonds. The number of carbonyl (C=O) groups excluding carboxylic acids is 1. The molecule has 2 N–H and O–H groups in total.